The molecule has 0 heterocycles. The zero-order valence-electron chi connectivity index (χ0n) is 12.9. The summed E-state index contributed by atoms with van der Waals surface area (Å²) in [5, 5.41) is 5.53. The van der Waals surface area contributed by atoms with Crippen LogP contribution in [0.2, 0.25) is 0 Å². The molecule has 1 rings (SSSR count). The molecule has 5 nitrogen and oxygen atoms in total. The molecule has 0 atom stereocenters. The number of anilines is 1. The molecule has 0 radical (unpaired) electrons. The zero-order valence-corrected chi connectivity index (χ0v) is 12.9. The van der Waals surface area contributed by atoms with Crippen LogP contribution in [-0.4, -0.2) is 24.0 Å². The van der Waals surface area contributed by atoms with Crippen LogP contribution < -0.4 is 15.4 Å². The van der Waals surface area contributed by atoms with Gasteiger partial charge in [-0.1, -0.05) is 12.7 Å². The van der Waals surface area contributed by atoms with Crippen LogP contribution in [0.4, 0.5) is 5.69 Å². The van der Waals surface area contributed by atoms with Crippen molar-refractivity contribution >= 4 is 17.5 Å². The molecule has 1 aromatic rings. The molecule has 0 unspecified atom stereocenters. The molecule has 21 heavy (non-hydrogen) atoms. The van der Waals surface area contributed by atoms with E-state index in [1.54, 1.807) is 24.3 Å². The van der Waals surface area contributed by atoms with Gasteiger partial charge in [0.05, 0.1) is 5.56 Å². The minimum absolute atomic E-state index is 0.197. The summed E-state index contributed by atoms with van der Waals surface area (Å²) >= 11 is 0. The lowest BCUT2D eigenvalue weighted by Crippen LogP contribution is -2.40. The Kier molecular flexibility index (Phi) is 5.52. The highest BCUT2D eigenvalue weighted by atomic mass is 16.5. The molecule has 2 amide bonds. The Morgan fingerprint density at radius 2 is 2.00 bits per heavy atom. The fourth-order valence-electron chi connectivity index (χ4n) is 1.67. The van der Waals surface area contributed by atoms with Crippen LogP contribution in [0.1, 0.15) is 38.1 Å². The van der Waals surface area contributed by atoms with Crippen LogP contribution in [0.15, 0.2) is 30.9 Å². The number of hydrogen-bond donors (Lipinski definition) is 2. The third-order valence-electron chi connectivity index (χ3n) is 2.39. The van der Waals surface area contributed by atoms with E-state index in [1.165, 1.54) is 6.92 Å². The van der Waals surface area contributed by atoms with Crippen molar-refractivity contribution in [3.8, 4) is 5.75 Å². The van der Waals surface area contributed by atoms with E-state index < -0.39 is 0 Å². The number of rotatable bonds is 5. The molecule has 0 fully saturated rings. The Hall–Kier alpha value is -2.30. The number of carbonyl (C=O) groups excluding carboxylic acids is 2. The van der Waals surface area contributed by atoms with Gasteiger partial charge in [-0.15, -0.1) is 0 Å². The van der Waals surface area contributed by atoms with E-state index in [0.29, 0.717) is 23.6 Å². The van der Waals surface area contributed by atoms with Crippen LogP contribution in [0, 0.1) is 0 Å². The van der Waals surface area contributed by atoms with Crippen LogP contribution >= 0.6 is 0 Å². The molecule has 1 aromatic carbocycles. The first kappa shape index (κ1) is 16.8. The summed E-state index contributed by atoms with van der Waals surface area (Å²) < 4.78 is 5.49. The van der Waals surface area contributed by atoms with E-state index in [9.17, 15) is 9.59 Å². The molecular weight excluding hydrogens is 268 g/mol. The molecular formula is C16H22N2O3. The molecule has 0 spiro atoms. The van der Waals surface area contributed by atoms with Gasteiger partial charge in [-0.05, 0) is 39.0 Å². The van der Waals surface area contributed by atoms with Crippen LogP contribution in [0.25, 0.3) is 0 Å². The largest absolute Gasteiger partial charge is 0.489 e. The van der Waals surface area contributed by atoms with Crippen molar-refractivity contribution in [1.82, 2.24) is 5.32 Å². The second-order valence-corrected chi connectivity index (χ2v) is 5.70. The normalized spacial score (nSPS) is 10.7. The standard InChI is InChI=1S/C16H22N2O3/c1-6-9-21-14-8-7-12(17-11(2)19)10-13(14)15(20)18-16(3,4)5/h6-8,10H,1,9H2,2-5H3,(H,17,19)(H,18,20). The van der Waals surface area contributed by atoms with Gasteiger partial charge >= 0.3 is 0 Å². The summed E-state index contributed by atoms with van der Waals surface area (Å²) in [7, 11) is 0. The predicted molar refractivity (Wildman–Crippen MR) is 83.7 cm³/mol. The number of ether oxygens (including phenoxy) is 1. The highest BCUT2D eigenvalue weighted by molar-refractivity contribution is 5.99. The van der Waals surface area contributed by atoms with Gasteiger partial charge in [-0.3, -0.25) is 9.59 Å². The molecule has 0 saturated heterocycles. The van der Waals surface area contributed by atoms with E-state index >= 15 is 0 Å². The first-order valence-electron chi connectivity index (χ1n) is 6.71. The van der Waals surface area contributed by atoms with Crippen molar-refractivity contribution in [3.05, 3.63) is 36.4 Å². The highest BCUT2D eigenvalue weighted by Gasteiger charge is 2.19. The first-order chi connectivity index (χ1) is 9.73. The smallest absolute Gasteiger partial charge is 0.255 e. The monoisotopic (exact) mass is 290 g/mol. The van der Waals surface area contributed by atoms with Gasteiger partial charge in [0.15, 0.2) is 0 Å². The van der Waals surface area contributed by atoms with E-state index in [0.717, 1.165) is 0 Å². The highest BCUT2D eigenvalue weighted by Crippen LogP contribution is 2.24. The lowest BCUT2D eigenvalue weighted by molar-refractivity contribution is -0.114. The summed E-state index contributed by atoms with van der Waals surface area (Å²) in [5.41, 5.74) is 0.558. The molecule has 5 heteroatoms. The summed E-state index contributed by atoms with van der Waals surface area (Å²) in [6.45, 7) is 11.0. The molecule has 0 aliphatic rings. The topological polar surface area (TPSA) is 67.4 Å². The lowest BCUT2D eigenvalue weighted by atomic mass is 10.1. The number of carbonyl (C=O) groups is 2. The summed E-state index contributed by atoms with van der Waals surface area (Å²) in [4.78, 5) is 23.5. The Morgan fingerprint density at radius 1 is 1.33 bits per heavy atom. The third-order valence-corrected chi connectivity index (χ3v) is 2.39. The van der Waals surface area contributed by atoms with Gasteiger partial charge in [0.2, 0.25) is 5.91 Å². The maximum atomic E-state index is 12.4. The number of hydrogen-bond acceptors (Lipinski definition) is 3. The first-order valence-corrected chi connectivity index (χ1v) is 6.71. The van der Waals surface area contributed by atoms with E-state index in [-0.39, 0.29) is 17.4 Å². The molecule has 0 aliphatic heterocycles. The maximum Gasteiger partial charge on any atom is 0.255 e. The fourth-order valence-corrected chi connectivity index (χ4v) is 1.67. The summed E-state index contributed by atoms with van der Waals surface area (Å²) in [6, 6.07) is 4.95. The summed E-state index contributed by atoms with van der Waals surface area (Å²) in [6.07, 6.45) is 1.60. The number of nitrogens with one attached hydrogen (secondary N) is 2. The van der Waals surface area contributed by atoms with E-state index in [1.807, 2.05) is 20.8 Å². The average molecular weight is 290 g/mol. The molecule has 0 aromatic heterocycles. The van der Waals surface area contributed by atoms with Gasteiger partial charge in [0.1, 0.15) is 12.4 Å². The Bertz CT molecular complexity index is 545. The van der Waals surface area contributed by atoms with Crippen LogP contribution in [0.5, 0.6) is 5.75 Å². The lowest BCUT2D eigenvalue weighted by Gasteiger charge is -2.21. The number of amides is 2. The third kappa shape index (κ3) is 5.69. The zero-order chi connectivity index (χ0) is 16.0. The maximum absolute atomic E-state index is 12.4. The SMILES string of the molecule is C=CCOc1ccc(NC(C)=O)cc1C(=O)NC(C)(C)C. The molecule has 0 saturated carbocycles. The Labute approximate surface area is 125 Å². The second-order valence-electron chi connectivity index (χ2n) is 5.70. The van der Waals surface area contributed by atoms with Gasteiger partial charge in [0, 0.05) is 18.2 Å². The summed E-state index contributed by atoms with van der Waals surface area (Å²) in [5.74, 6) is -0.00328. The van der Waals surface area contributed by atoms with Crippen molar-refractivity contribution in [3.63, 3.8) is 0 Å². The quantitative estimate of drug-likeness (QED) is 0.819. The van der Waals surface area contributed by atoms with Crippen molar-refractivity contribution in [2.75, 3.05) is 11.9 Å². The van der Waals surface area contributed by atoms with Crippen LogP contribution in [0.3, 0.4) is 0 Å². The molecule has 0 aliphatic carbocycles. The fraction of sp³-hybridized carbons (Fsp3) is 0.375. The van der Waals surface area contributed by atoms with Crippen molar-refractivity contribution in [1.29, 1.82) is 0 Å². The Balaban J connectivity index is 3.11. The minimum Gasteiger partial charge on any atom is -0.489 e. The van der Waals surface area contributed by atoms with Gasteiger partial charge in [-0.25, -0.2) is 0 Å². The molecule has 114 valence electrons. The van der Waals surface area contributed by atoms with E-state index in [4.69, 9.17) is 4.74 Å². The van der Waals surface area contributed by atoms with Gasteiger partial charge in [-0.2, -0.15) is 0 Å². The predicted octanol–water partition coefficient (Wildman–Crippen LogP) is 2.74. The number of benzene rings is 1. The van der Waals surface area contributed by atoms with Gasteiger partial charge < -0.3 is 15.4 Å². The van der Waals surface area contributed by atoms with E-state index in [2.05, 4.69) is 17.2 Å². The van der Waals surface area contributed by atoms with Crippen molar-refractivity contribution in [2.24, 2.45) is 0 Å². The molecule has 0 bridgehead atoms. The van der Waals surface area contributed by atoms with Crippen LogP contribution in [-0.2, 0) is 4.79 Å². The minimum atomic E-state index is -0.364. The van der Waals surface area contributed by atoms with Crippen molar-refractivity contribution < 1.29 is 14.3 Å². The molecule has 2 N–H and O–H groups in total. The average Bonchev–Trinajstić information content (AvgIpc) is 2.34. The van der Waals surface area contributed by atoms with Gasteiger partial charge in [0.25, 0.3) is 5.91 Å². The Morgan fingerprint density at radius 3 is 2.52 bits per heavy atom. The van der Waals surface area contributed by atoms with Crippen molar-refractivity contribution in [2.45, 2.75) is 33.2 Å². The second kappa shape index (κ2) is 6.92.